The highest BCUT2D eigenvalue weighted by Gasteiger charge is 1.94. The molecule has 0 aliphatic heterocycles. The van der Waals surface area contributed by atoms with Crippen LogP contribution in [-0.2, 0) is 20.1 Å². The Morgan fingerprint density at radius 1 is 0.625 bits per heavy atom. The Balaban J connectivity index is 0.000000321. The van der Waals surface area contributed by atoms with Gasteiger partial charge in [0.15, 0.2) is 5.82 Å². The molecule has 0 saturated carbocycles. The van der Waals surface area contributed by atoms with Crippen molar-refractivity contribution < 1.29 is 5.11 Å². The Morgan fingerprint density at radius 2 is 1.18 bits per heavy atom. The minimum atomic E-state index is -0.252. The number of rotatable bonds is 2. The fourth-order valence-corrected chi connectivity index (χ4v) is 3.14. The van der Waals surface area contributed by atoms with Crippen LogP contribution < -0.4 is 5.69 Å². The second kappa shape index (κ2) is 26.6. The first-order valence-corrected chi connectivity index (χ1v) is 16.8. The smallest absolute Gasteiger partial charge is 0.340 e. The van der Waals surface area contributed by atoms with E-state index in [4.69, 9.17) is 5.11 Å². The van der Waals surface area contributed by atoms with Crippen molar-refractivity contribution in [2.75, 3.05) is 0 Å². The average molecular weight is 781 g/mol. The van der Waals surface area contributed by atoms with Gasteiger partial charge in [-0.05, 0) is 69.2 Å². The number of nitrogens with one attached hydrogen (secondary N) is 8. The van der Waals surface area contributed by atoms with Crippen molar-refractivity contribution in [3.05, 3.63) is 99.1 Å². The molecule has 304 valence electrons. The molecule has 0 amide bonds. The number of aromatic nitrogens is 24. The van der Waals surface area contributed by atoms with Crippen molar-refractivity contribution in [2.24, 2.45) is 7.05 Å². The van der Waals surface area contributed by atoms with Gasteiger partial charge in [0.2, 0.25) is 0 Å². The first-order chi connectivity index (χ1) is 26.6. The third-order valence-electron chi connectivity index (χ3n) is 5.79. The lowest BCUT2D eigenvalue weighted by Crippen LogP contribution is -2.00. The van der Waals surface area contributed by atoms with E-state index in [0.717, 1.165) is 64.5 Å². The van der Waals surface area contributed by atoms with Crippen LogP contribution >= 0.6 is 0 Å². The molecule has 0 aliphatic carbocycles. The minimum absolute atomic E-state index is 0.0929. The normalized spacial score (nSPS) is 9.38. The van der Waals surface area contributed by atoms with Crippen molar-refractivity contribution in [3.63, 3.8) is 0 Å². The molecule has 0 atom stereocenters. The minimum Gasteiger partial charge on any atom is -0.388 e. The molecular formula is C30H52N24O2. The Kier molecular flexibility index (Phi) is 22.3. The zero-order valence-corrected chi connectivity index (χ0v) is 33.7. The molecule has 0 radical (unpaired) electrons. The van der Waals surface area contributed by atoms with Crippen LogP contribution in [0, 0.1) is 69.2 Å². The molecule has 0 unspecified atom stereocenters. The molecule has 0 saturated heterocycles. The number of aliphatic hydroxyl groups excluding tert-OH is 1. The number of H-pyrrole nitrogens is 8. The van der Waals surface area contributed by atoms with E-state index in [1.54, 1.807) is 26.4 Å². The molecule has 0 aromatic carbocycles. The summed E-state index contributed by atoms with van der Waals surface area (Å²) in [6.07, 6.45) is 5.73. The summed E-state index contributed by atoms with van der Waals surface area (Å²) in [6, 6.07) is 0. The highest BCUT2D eigenvalue weighted by atomic mass is 16.3. The van der Waals surface area contributed by atoms with Crippen molar-refractivity contribution in [1.29, 1.82) is 0 Å². The molecular weight excluding hydrogens is 728 g/mol. The van der Waals surface area contributed by atoms with Gasteiger partial charge in [-0.1, -0.05) is 6.92 Å². The maximum Gasteiger partial charge on any atom is 0.340 e. The molecule has 8 aromatic heterocycles. The zero-order valence-electron chi connectivity index (χ0n) is 33.7. The summed E-state index contributed by atoms with van der Waals surface area (Å²) >= 11 is 0. The van der Waals surface area contributed by atoms with Crippen molar-refractivity contribution >= 4 is 0 Å². The Labute approximate surface area is 321 Å². The summed E-state index contributed by atoms with van der Waals surface area (Å²) < 4.78 is 1.86. The van der Waals surface area contributed by atoms with E-state index in [2.05, 4.69) is 117 Å². The van der Waals surface area contributed by atoms with Gasteiger partial charge in [0, 0.05) is 13.5 Å². The molecule has 8 heterocycles. The highest BCUT2D eigenvalue weighted by molar-refractivity contribution is 4.86. The molecule has 9 N–H and O–H groups in total. The van der Waals surface area contributed by atoms with Crippen molar-refractivity contribution in [1.82, 2.24) is 121 Å². The van der Waals surface area contributed by atoms with Crippen molar-refractivity contribution in [2.45, 2.75) is 89.2 Å². The number of aryl methyl sites for hydroxylation is 12. The lowest BCUT2D eigenvalue weighted by Gasteiger charge is -1.84. The highest BCUT2D eigenvalue weighted by Crippen LogP contribution is 1.89. The van der Waals surface area contributed by atoms with Crippen LogP contribution in [0.5, 0.6) is 0 Å². The van der Waals surface area contributed by atoms with Gasteiger partial charge in [0.25, 0.3) is 0 Å². The number of hydrogen-bond acceptors (Lipinski definition) is 17. The van der Waals surface area contributed by atoms with Gasteiger partial charge in [0.1, 0.15) is 77.5 Å². The number of aliphatic hydroxyl groups is 1. The maximum atomic E-state index is 10.1. The van der Waals surface area contributed by atoms with E-state index >= 15 is 0 Å². The summed E-state index contributed by atoms with van der Waals surface area (Å²) in [4.78, 5) is 32.0. The third-order valence-corrected chi connectivity index (χ3v) is 5.79. The van der Waals surface area contributed by atoms with Gasteiger partial charge < -0.3 is 9.67 Å². The van der Waals surface area contributed by atoms with Crippen LogP contribution in [0.1, 0.15) is 76.7 Å². The molecule has 56 heavy (non-hydrogen) atoms. The fourth-order valence-electron chi connectivity index (χ4n) is 3.14. The second-order valence-corrected chi connectivity index (χ2v) is 11.1. The Morgan fingerprint density at radius 3 is 1.32 bits per heavy atom. The summed E-state index contributed by atoms with van der Waals surface area (Å²) in [5, 5.41) is 63.3. The summed E-state index contributed by atoms with van der Waals surface area (Å²) in [6.45, 7) is 20.4. The van der Waals surface area contributed by atoms with E-state index in [1.165, 1.54) is 6.33 Å². The molecule has 26 heteroatoms. The maximum absolute atomic E-state index is 10.1. The van der Waals surface area contributed by atoms with Gasteiger partial charge in [0.05, 0.1) is 11.9 Å². The first-order valence-electron chi connectivity index (χ1n) is 16.8. The van der Waals surface area contributed by atoms with E-state index in [1.807, 2.05) is 73.9 Å². The van der Waals surface area contributed by atoms with E-state index in [9.17, 15) is 4.79 Å². The van der Waals surface area contributed by atoms with Gasteiger partial charge in [-0.25, -0.2) is 34.8 Å². The summed E-state index contributed by atoms with van der Waals surface area (Å²) in [7, 11) is 1.91. The predicted molar refractivity (Wildman–Crippen MR) is 201 cm³/mol. The van der Waals surface area contributed by atoms with Gasteiger partial charge in [-0.3, -0.25) is 30.5 Å². The molecule has 26 nitrogen and oxygen atoms in total. The standard InChI is InChI=1S/C5H9N3.C4H7N3O.3C4H7N3.C3H5N3O.2C3H5N3/c1-3-5-6-4(2)7-8-5;1-3-5-4(2-8)7-6-3;1-4-6-5-3-7(4)2;2*1-3-5-4(2)7-6-3;1-2-4-3(7)6-5-2;1-3-4-2-5-6-3;1-3-2-4-6-5-3/h3H2,1-2H3,(H,6,7,8);8H,2H2,1H3,(H,5,6,7);3H,1-2H3;2*1-2H3,(H,5,6,7);1H3,(H2,4,5,6,7);2*2H,1H3,(H,4,5,6). The first kappa shape index (κ1) is 46.9. The SMILES string of the molecule is CCc1n[nH]c(C)n1.Cc1cn[nH]n1.Cc1n[nH]c(=O)[nH]1.Cc1n[nH]c(C)n1.Cc1n[nH]c(C)n1.Cc1nc(CO)n[nH]1.Cc1ncn[nH]1.Cc1nncn1C. The van der Waals surface area contributed by atoms with Crippen LogP contribution in [0.2, 0.25) is 0 Å². The van der Waals surface area contributed by atoms with Gasteiger partial charge >= 0.3 is 5.69 Å². The lowest BCUT2D eigenvalue weighted by molar-refractivity contribution is 0.272. The fraction of sp³-hybridized carbons (Fsp3) is 0.467. The molecule has 8 rings (SSSR count). The van der Waals surface area contributed by atoms with E-state index in [0.29, 0.717) is 11.6 Å². The zero-order chi connectivity index (χ0) is 41.9. The Hall–Kier alpha value is -7.12. The molecule has 0 aliphatic rings. The van der Waals surface area contributed by atoms with Crippen LogP contribution in [0.4, 0.5) is 0 Å². The van der Waals surface area contributed by atoms with Gasteiger partial charge in [-0.15, -0.1) is 10.2 Å². The van der Waals surface area contributed by atoms with Gasteiger partial charge in [-0.2, -0.15) is 46.0 Å². The van der Waals surface area contributed by atoms with Crippen LogP contribution in [-0.4, -0.2) is 126 Å². The molecule has 8 aromatic rings. The summed E-state index contributed by atoms with van der Waals surface area (Å²) in [5.74, 6) is 8.73. The summed E-state index contributed by atoms with van der Waals surface area (Å²) in [5.41, 5.74) is 0.674. The van der Waals surface area contributed by atoms with Crippen LogP contribution in [0.3, 0.4) is 0 Å². The topological polar surface area (TPSA) is 362 Å². The number of hydrogen-bond donors (Lipinski definition) is 9. The van der Waals surface area contributed by atoms with E-state index < -0.39 is 0 Å². The van der Waals surface area contributed by atoms with Crippen LogP contribution in [0.25, 0.3) is 0 Å². The number of nitrogens with zero attached hydrogens (tertiary/aromatic N) is 16. The average Bonchev–Trinajstić information content (AvgIpc) is 4.01. The van der Waals surface area contributed by atoms with E-state index in [-0.39, 0.29) is 12.3 Å². The molecule has 0 bridgehead atoms. The monoisotopic (exact) mass is 780 g/mol. The quantitative estimate of drug-likeness (QED) is 0.117. The molecule has 0 fully saturated rings. The Bertz CT molecular complexity index is 1980. The second-order valence-electron chi connectivity index (χ2n) is 11.1. The predicted octanol–water partition coefficient (Wildman–Crippen LogP) is 0.880. The largest absolute Gasteiger partial charge is 0.388 e. The third kappa shape index (κ3) is 22.7. The van der Waals surface area contributed by atoms with Crippen molar-refractivity contribution in [3.8, 4) is 0 Å². The number of aromatic amines is 8. The lowest BCUT2D eigenvalue weighted by atomic mass is 10.5. The van der Waals surface area contributed by atoms with Crippen LogP contribution in [0.15, 0.2) is 23.6 Å². The molecule has 0 spiro atoms.